The van der Waals surface area contributed by atoms with E-state index in [-0.39, 0.29) is 0 Å². The Labute approximate surface area is 159 Å². The summed E-state index contributed by atoms with van der Waals surface area (Å²) in [5, 5.41) is 8.47. The van der Waals surface area contributed by atoms with Crippen LogP contribution in [0.4, 0.5) is 15.6 Å². The van der Waals surface area contributed by atoms with Gasteiger partial charge in [0.1, 0.15) is 11.5 Å². The minimum atomic E-state index is -0.405. The Hall–Kier alpha value is -2.77. The van der Waals surface area contributed by atoms with E-state index in [9.17, 15) is 4.79 Å². The van der Waals surface area contributed by atoms with Crippen LogP contribution in [0.2, 0.25) is 5.02 Å². The first-order chi connectivity index (χ1) is 12.6. The molecule has 2 amide bonds. The number of nitrogens with zero attached hydrogens (tertiary/aromatic N) is 1. The lowest BCUT2D eigenvalue weighted by Gasteiger charge is -2.09. The number of methoxy groups -OCH3 is 2. The van der Waals surface area contributed by atoms with Gasteiger partial charge in [0.15, 0.2) is 5.13 Å². The summed E-state index contributed by atoms with van der Waals surface area (Å²) in [6.07, 6.45) is 0. The number of anilines is 2. The monoisotopic (exact) mass is 389 g/mol. The lowest BCUT2D eigenvalue weighted by atomic mass is 10.2. The van der Waals surface area contributed by atoms with E-state index >= 15 is 0 Å². The fraction of sp³-hybridized carbons (Fsp3) is 0.111. The smallest absolute Gasteiger partial charge is 0.325 e. The first-order valence-corrected chi connectivity index (χ1v) is 8.85. The molecule has 0 saturated heterocycles. The Bertz CT molecular complexity index is 890. The summed E-state index contributed by atoms with van der Waals surface area (Å²) in [7, 11) is 3.10. The number of nitrogens with one attached hydrogen (secondary N) is 2. The lowest BCUT2D eigenvalue weighted by Crippen LogP contribution is -2.19. The molecule has 134 valence electrons. The second kappa shape index (κ2) is 8.07. The van der Waals surface area contributed by atoms with Crippen LogP contribution in [0.25, 0.3) is 11.3 Å². The van der Waals surface area contributed by atoms with Gasteiger partial charge in [0.05, 0.1) is 19.9 Å². The minimum absolute atomic E-state index is 0.405. The number of rotatable bonds is 5. The fourth-order valence-electron chi connectivity index (χ4n) is 2.22. The number of thiazole rings is 1. The number of hydrogen-bond acceptors (Lipinski definition) is 5. The van der Waals surface area contributed by atoms with Crippen molar-refractivity contribution in [2.45, 2.75) is 0 Å². The standard InChI is InChI=1S/C18H16ClN3O3S/c1-24-14-7-13(8-15(9-14)25-2)20-17(23)22-18-21-16(10-26-18)11-3-5-12(19)6-4-11/h3-10H,1-2H3,(H2,20,21,22,23). The number of urea groups is 1. The molecule has 0 aliphatic carbocycles. The van der Waals surface area contributed by atoms with Crippen LogP contribution >= 0.6 is 22.9 Å². The SMILES string of the molecule is COc1cc(NC(=O)Nc2nc(-c3ccc(Cl)cc3)cs2)cc(OC)c1. The molecule has 0 atom stereocenters. The van der Waals surface area contributed by atoms with E-state index in [4.69, 9.17) is 21.1 Å². The van der Waals surface area contributed by atoms with Gasteiger partial charge < -0.3 is 14.8 Å². The van der Waals surface area contributed by atoms with Gasteiger partial charge in [0, 0.05) is 39.9 Å². The molecule has 0 aliphatic rings. The molecule has 0 spiro atoms. The highest BCUT2D eigenvalue weighted by atomic mass is 35.5. The van der Waals surface area contributed by atoms with Gasteiger partial charge in [-0.15, -0.1) is 11.3 Å². The fourth-order valence-corrected chi connectivity index (χ4v) is 3.06. The molecule has 0 radical (unpaired) electrons. The van der Waals surface area contributed by atoms with Gasteiger partial charge in [-0.3, -0.25) is 5.32 Å². The zero-order valence-corrected chi connectivity index (χ0v) is 15.6. The largest absolute Gasteiger partial charge is 0.497 e. The molecular formula is C18H16ClN3O3S. The van der Waals surface area contributed by atoms with Crippen molar-refractivity contribution >= 4 is 39.8 Å². The first-order valence-electron chi connectivity index (χ1n) is 7.60. The third-order valence-corrected chi connectivity index (χ3v) is 4.48. The predicted molar refractivity (Wildman–Crippen MR) is 105 cm³/mol. The van der Waals surface area contributed by atoms with Gasteiger partial charge in [-0.2, -0.15) is 0 Å². The van der Waals surface area contributed by atoms with Crippen LogP contribution in [0.5, 0.6) is 11.5 Å². The Morgan fingerprint density at radius 2 is 1.69 bits per heavy atom. The molecule has 2 N–H and O–H groups in total. The van der Waals surface area contributed by atoms with Gasteiger partial charge in [0.2, 0.25) is 0 Å². The van der Waals surface area contributed by atoms with Crippen molar-refractivity contribution in [1.29, 1.82) is 0 Å². The number of ether oxygens (including phenoxy) is 2. The van der Waals surface area contributed by atoms with E-state index in [1.807, 2.05) is 17.5 Å². The van der Waals surface area contributed by atoms with Crippen molar-refractivity contribution < 1.29 is 14.3 Å². The normalized spacial score (nSPS) is 10.3. The van der Waals surface area contributed by atoms with Crippen molar-refractivity contribution in [1.82, 2.24) is 4.98 Å². The maximum atomic E-state index is 12.2. The van der Waals surface area contributed by atoms with Crippen molar-refractivity contribution in [3.63, 3.8) is 0 Å². The predicted octanol–water partition coefficient (Wildman–Crippen LogP) is 5.12. The number of carbonyl (C=O) groups is 1. The second-order valence-corrected chi connectivity index (χ2v) is 6.52. The Balaban J connectivity index is 1.68. The molecule has 6 nitrogen and oxygen atoms in total. The highest BCUT2D eigenvalue weighted by Crippen LogP contribution is 2.27. The van der Waals surface area contributed by atoms with Crippen LogP contribution < -0.4 is 20.1 Å². The molecular weight excluding hydrogens is 374 g/mol. The van der Waals surface area contributed by atoms with Gasteiger partial charge in [-0.1, -0.05) is 23.7 Å². The molecule has 8 heteroatoms. The number of amides is 2. The summed E-state index contributed by atoms with van der Waals surface area (Å²) in [5.41, 5.74) is 2.25. The third-order valence-electron chi connectivity index (χ3n) is 3.47. The summed E-state index contributed by atoms with van der Waals surface area (Å²) in [6.45, 7) is 0. The average Bonchev–Trinajstić information content (AvgIpc) is 3.10. The topological polar surface area (TPSA) is 72.5 Å². The molecule has 3 aromatic rings. The molecule has 0 bridgehead atoms. The minimum Gasteiger partial charge on any atom is -0.497 e. The molecule has 3 rings (SSSR count). The van der Waals surface area contributed by atoms with Crippen LogP contribution in [-0.2, 0) is 0 Å². The zero-order valence-electron chi connectivity index (χ0n) is 14.1. The van der Waals surface area contributed by atoms with Gasteiger partial charge in [-0.25, -0.2) is 9.78 Å². The Morgan fingerprint density at radius 3 is 2.31 bits per heavy atom. The molecule has 0 aliphatic heterocycles. The van der Waals surface area contributed by atoms with Crippen molar-refractivity contribution in [2.75, 3.05) is 24.9 Å². The quantitative estimate of drug-likeness (QED) is 0.634. The van der Waals surface area contributed by atoms with Crippen molar-refractivity contribution in [2.24, 2.45) is 0 Å². The molecule has 1 heterocycles. The van der Waals surface area contributed by atoms with Crippen LogP contribution in [0, 0.1) is 0 Å². The summed E-state index contributed by atoms with van der Waals surface area (Å²) in [5.74, 6) is 1.16. The van der Waals surface area contributed by atoms with E-state index < -0.39 is 6.03 Å². The molecule has 0 saturated carbocycles. The van der Waals surface area contributed by atoms with E-state index in [2.05, 4.69) is 15.6 Å². The molecule has 0 fully saturated rings. The van der Waals surface area contributed by atoms with Crippen molar-refractivity contribution in [3.05, 3.63) is 52.9 Å². The molecule has 1 aromatic heterocycles. The molecule has 2 aromatic carbocycles. The number of carbonyl (C=O) groups excluding carboxylic acids is 1. The summed E-state index contributed by atoms with van der Waals surface area (Å²) < 4.78 is 10.4. The number of aromatic nitrogens is 1. The Kier molecular flexibility index (Phi) is 5.60. The second-order valence-electron chi connectivity index (χ2n) is 5.23. The third kappa shape index (κ3) is 4.44. The van der Waals surface area contributed by atoms with E-state index in [1.54, 1.807) is 44.6 Å². The van der Waals surface area contributed by atoms with Crippen LogP contribution in [0.1, 0.15) is 0 Å². The lowest BCUT2D eigenvalue weighted by molar-refractivity contribution is 0.262. The number of benzene rings is 2. The first kappa shape index (κ1) is 18.0. The zero-order chi connectivity index (χ0) is 18.5. The number of hydrogen-bond donors (Lipinski definition) is 2. The van der Waals surface area contributed by atoms with Crippen LogP contribution in [0.3, 0.4) is 0 Å². The van der Waals surface area contributed by atoms with Gasteiger partial charge in [-0.05, 0) is 12.1 Å². The maximum absolute atomic E-state index is 12.2. The van der Waals surface area contributed by atoms with Gasteiger partial charge >= 0.3 is 6.03 Å². The summed E-state index contributed by atoms with van der Waals surface area (Å²) in [6, 6.07) is 12.1. The van der Waals surface area contributed by atoms with E-state index in [0.717, 1.165) is 11.3 Å². The van der Waals surface area contributed by atoms with Gasteiger partial charge in [0.25, 0.3) is 0 Å². The Morgan fingerprint density at radius 1 is 1.04 bits per heavy atom. The van der Waals surface area contributed by atoms with Crippen molar-refractivity contribution in [3.8, 4) is 22.8 Å². The van der Waals surface area contributed by atoms with Crippen LogP contribution in [0.15, 0.2) is 47.8 Å². The van der Waals surface area contributed by atoms with E-state index in [0.29, 0.717) is 27.3 Å². The molecule has 26 heavy (non-hydrogen) atoms. The summed E-state index contributed by atoms with van der Waals surface area (Å²) >= 11 is 7.23. The van der Waals surface area contributed by atoms with E-state index in [1.165, 1.54) is 11.3 Å². The molecule has 0 unspecified atom stereocenters. The summed E-state index contributed by atoms with van der Waals surface area (Å²) in [4.78, 5) is 16.6. The number of halogens is 1. The highest BCUT2D eigenvalue weighted by molar-refractivity contribution is 7.14. The van der Waals surface area contributed by atoms with Crippen LogP contribution in [-0.4, -0.2) is 25.2 Å². The maximum Gasteiger partial charge on any atom is 0.325 e. The highest BCUT2D eigenvalue weighted by Gasteiger charge is 2.10. The average molecular weight is 390 g/mol.